The normalized spacial score (nSPS) is 12.4. The van der Waals surface area contributed by atoms with Crippen LogP contribution in [0.2, 0.25) is 0 Å². The molecule has 7 nitrogen and oxygen atoms in total. The summed E-state index contributed by atoms with van der Waals surface area (Å²) in [6.07, 6.45) is 3.35. The molecule has 0 saturated heterocycles. The molecule has 1 N–H and O–H groups in total. The van der Waals surface area contributed by atoms with Crippen molar-refractivity contribution in [2.45, 2.75) is 24.2 Å². The second-order valence-electron chi connectivity index (χ2n) is 6.72. The fourth-order valence-corrected chi connectivity index (χ4v) is 4.63. The number of amides is 1. The Morgan fingerprint density at radius 1 is 1.17 bits per heavy atom. The molecule has 1 aromatic carbocycles. The highest BCUT2D eigenvalue weighted by Crippen LogP contribution is 2.29. The maximum atomic E-state index is 12.5. The van der Waals surface area contributed by atoms with E-state index in [0.717, 1.165) is 20.1 Å². The Morgan fingerprint density at radius 3 is 2.72 bits per heavy atom. The SMILES string of the molecule is CC(C)C(NC(=O)CSc1nc2ccccc2s1)c1nc(-c2ccncc2)no1. The van der Waals surface area contributed by atoms with Gasteiger partial charge in [0.05, 0.1) is 16.0 Å². The fraction of sp³-hybridized carbons (Fsp3) is 0.250. The summed E-state index contributed by atoms with van der Waals surface area (Å²) in [5, 5.41) is 7.05. The lowest BCUT2D eigenvalue weighted by molar-refractivity contribution is -0.119. The van der Waals surface area contributed by atoms with Crippen molar-refractivity contribution in [3.8, 4) is 11.4 Å². The van der Waals surface area contributed by atoms with Crippen LogP contribution < -0.4 is 5.32 Å². The number of carbonyl (C=O) groups excluding carboxylic acids is 1. The van der Waals surface area contributed by atoms with Crippen molar-refractivity contribution in [3.63, 3.8) is 0 Å². The largest absolute Gasteiger partial charge is 0.343 e. The third-order valence-corrected chi connectivity index (χ3v) is 6.41. The Balaban J connectivity index is 1.41. The van der Waals surface area contributed by atoms with Crippen molar-refractivity contribution in [2.24, 2.45) is 5.92 Å². The van der Waals surface area contributed by atoms with Crippen LogP contribution in [0.25, 0.3) is 21.6 Å². The number of nitrogens with zero attached hydrogens (tertiary/aromatic N) is 4. The molecular weight excluding hydrogens is 406 g/mol. The summed E-state index contributed by atoms with van der Waals surface area (Å²) in [6.45, 7) is 4.00. The minimum Gasteiger partial charge on any atom is -0.343 e. The van der Waals surface area contributed by atoms with Crippen LogP contribution in [0.5, 0.6) is 0 Å². The summed E-state index contributed by atoms with van der Waals surface area (Å²) in [5.74, 6) is 1.14. The summed E-state index contributed by atoms with van der Waals surface area (Å²) in [6, 6.07) is 11.2. The van der Waals surface area contributed by atoms with Crippen molar-refractivity contribution >= 4 is 39.2 Å². The molecule has 4 rings (SSSR count). The minimum absolute atomic E-state index is 0.0946. The van der Waals surface area contributed by atoms with Crippen LogP contribution in [0.3, 0.4) is 0 Å². The molecule has 0 aliphatic rings. The van der Waals surface area contributed by atoms with Crippen molar-refractivity contribution < 1.29 is 9.32 Å². The van der Waals surface area contributed by atoms with Crippen LogP contribution in [0.15, 0.2) is 57.7 Å². The van der Waals surface area contributed by atoms with Gasteiger partial charge in [-0.05, 0) is 30.2 Å². The van der Waals surface area contributed by atoms with Gasteiger partial charge in [0.15, 0.2) is 4.34 Å². The third-order valence-electron chi connectivity index (χ3n) is 4.23. The summed E-state index contributed by atoms with van der Waals surface area (Å²) >= 11 is 3.01. The molecular formula is C20H19N5O2S2. The average molecular weight is 426 g/mol. The van der Waals surface area contributed by atoms with Gasteiger partial charge in [-0.2, -0.15) is 4.98 Å². The Bertz CT molecular complexity index is 1080. The number of thiazole rings is 1. The van der Waals surface area contributed by atoms with E-state index in [9.17, 15) is 4.79 Å². The molecule has 4 aromatic rings. The smallest absolute Gasteiger partial charge is 0.249 e. The number of pyridine rings is 1. The molecule has 1 amide bonds. The first-order valence-electron chi connectivity index (χ1n) is 9.12. The fourth-order valence-electron chi connectivity index (χ4n) is 2.75. The lowest BCUT2D eigenvalue weighted by atomic mass is 10.0. The van der Waals surface area contributed by atoms with Crippen molar-refractivity contribution in [2.75, 3.05) is 5.75 Å². The first-order chi connectivity index (χ1) is 14.1. The molecule has 0 aliphatic heterocycles. The predicted molar refractivity (Wildman–Crippen MR) is 114 cm³/mol. The second-order valence-corrected chi connectivity index (χ2v) is 8.97. The average Bonchev–Trinajstić information content (AvgIpc) is 3.38. The monoisotopic (exact) mass is 425 g/mol. The number of para-hydroxylation sites is 1. The minimum atomic E-state index is -0.360. The molecule has 0 fully saturated rings. The molecule has 0 spiro atoms. The lowest BCUT2D eigenvalue weighted by Gasteiger charge is -2.18. The highest BCUT2D eigenvalue weighted by molar-refractivity contribution is 8.01. The molecule has 0 saturated carbocycles. The summed E-state index contributed by atoms with van der Waals surface area (Å²) in [5.41, 5.74) is 1.77. The van der Waals surface area contributed by atoms with E-state index in [2.05, 4.69) is 25.4 Å². The third kappa shape index (κ3) is 4.63. The second kappa shape index (κ2) is 8.71. The van der Waals surface area contributed by atoms with Gasteiger partial charge in [0.1, 0.15) is 6.04 Å². The number of aromatic nitrogens is 4. The van der Waals surface area contributed by atoms with Gasteiger partial charge in [-0.15, -0.1) is 11.3 Å². The lowest BCUT2D eigenvalue weighted by Crippen LogP contribution is -2.33. The first kappa shape index (κ1) is 19.5. The van der Waals surface area contributed by atoms with Gasteiger partial charge in [0.2, 0.25) is 17.6 Å². The van der Waals surface area contributed by atoms with Crippen LogP contribution in [-0.2, 0) is 4.79 Å². The maximum Gasteiger partial charge on any atom is 0.249 e. The van der Waals surface area contributed by atoms with E-state index in [1.54, 1.807) is 23.7 Å². The topological polar surface area (TPSA) is 93.8 Å². The standard InChI is InChI=1S/C20H19N5O2S2/c1-12(2)17(19-24-18(25-27-19)13-7-9-21-10-8-13)23-16(26)11-28-20-22-14-5-3-4-6-15(14)29-20/h3-10,12,17H,11H2,1-2H3,(H,23,26). The zero-order valence-corrected chi connectivity index (χ0v) is 17.5. The quantitative estimate of drug-likeness (QED) is 0.440. The number of nitrogens with one attached hydrogen (secondary N) is 1. The molecule has 0 bridgehead atoms. The molecule has 9 heteroatoms. The summed E-state index contributed by atoms with van der Waals surface area (Å²) < 4.78 is 7.42. The number of fused-ring (bicyclic) bond motifs is 1. The molecule has 1 unspecified atom stereocenters. The van der Waals surface area contributed by atoms with Gasteiger partial charge >= 0.3 is 0 Å². The van der Waals surface area contributed by atoms with Crippen LogP contribution in [0, 0.1) is 5.92 Å². The summed E-state index contributed by atoms with van der Waals surface area (Å²) in [4.78, 5) is 25.5. The van der Waals surface area contributed by atoms with Gasteiger partial charge in [0.25, 0.3) is 0 Å². The number of rotatable bonds is 7. The van der Waals surface area contributed by atoms with Crippen molar-refractivity contribution in [1.29, 1.82) is 0 Å². The Hall–Kier alpha value is -2.78. The molecule has 0 radical (unpaired) electrons. The van der Waals surface area contributed by atoms with E-state index in [1.807, 2.05) is 50.2 Å². The highest BCUT2D eigenvalue weighted by Gasteiger charge is 2.25. The first-order valence-corrected chi connectivity index (χ1v) is 10.9. The number of hydrogen-bond acceptors (Lipinski definition) is 8. The zero-order valence-electron chi connectivity index (χ0n) is 15.9. The van der Waals surface area contributed by atoms with Crippen molar-refractivity contribution in [3.05, 3.63) is 54.7 Å². The Kier molecular flexibility index (Phi) is 5.86. The predicted octanol–water partition coefficient (Wildman–Crippen LogP) is 4.35. The van der Waals surface area contributed by atoms with Crippen LogP contribution in [0.4, 0.5) is 0 Å². The number of benzene rings is 1. The number of hydrogen-bond donors (Lipinski definition) is 1. The molecule has 1 atom stereocenters. The van der Waals surface area contributed by atoms with Gasteiger partial charge in [-0.25, -0.2) is 4.98 Å². The van der Waals surface area contributed by atoms with E-state index in [0.29, 0.717) is 11.7 Å². The van der Waals surface area contributed by atoms with E-state index >= 15 is 0 Å². The van der Waals surface area contributed by atoms with Crippen LogP contribution in [0.1, 0.15) is 25.8 Å². The Morgan fingerprint density at radius 2 is 1.97 bits per heavy atom. The number of thioether (sulfide) groups is 1. The van der Waals surface area contributed by atoms with Crippen LogP contribution >= 0.6 is 23.1 Å². The van der Waals surface area contributed by atoms with E-state index in [-0.39, 0.29) is 23.6 Å². The van der Waals surface area contributed by atoms with Gasteiger partial charge < -0.3 is 9.84 Å². The van der Waals surface area contributed by atoms with E-state index in [4.69, 9.17) is 4.52 Å². The van der Waals surface area contributed by atoms with Crippen LogP contribution in [-0.4, -0.2) is 31.8 Å². The highest BCUT2D eigenvalue weighted by atomic mass is 32.2. The molecule has 0 aliphatic carbocycles. The number of carbonyl (C=O) groups is 1. The van der Waals surface area contributed by atoms with Crippen molar-refractivity contribution in [1.82, 2.24) is 25.4 Å². The Labute approximate surface area is 176 Å². The molecule has 3 heterocycles. The zero-order chi connectivity index (χ0) is 20.2. The van der Waals surface area contributed by atoms with Gasteiger partial charge in [-0.3, -0.25) is 9.78 Å². The van der Waals surface area contributed by atoms with E-state index in [1.165, 1.54) is 11.8 Å². The van der Waals surface area contributed by atoms with Gasteiger partial charge in [0, 0.05) is 18.0 Å². The summed E-state index contributed by atoms with van der Waals surface area (Å²) in [7, 11) is 0. The van der Waals surface area contributed by atoms with E-state index < -0.39 is 0 Å². The molecule has 29 heavy (non-hydrogen) atoms. The van der Waals surface area contributed by atoms with Gasteiger partial charge in [-0.1, -0.05) is 42.9 Å². The maximum absolute atomic E-state index is 12.5. The molecule has 3 aromatic heterocycles. The molecule has 148 valence electrons.